The van der Waals surface area contributed by atoms with Crippen molar-refractivity contribution in [1.29, 1.82) is 5.26 Å². The lowest BCUT2D eigenvalue weighted by Crippen LogP contribution is -2.53. The van der Waals surface area contributed by atoms with Crippen LogP contribution in [0.5, 0.6) is 0 Å². The lowest BCUT2D eigenvalue weighted by molar-refractivity contribution is -0.384. The number of benzene rings is 1. The normalized spacial score (nSPS) is 16.7. The molecule has 0 aromatic heterocycles. The highest BCUT2D eigenvalue weighted by molar-refractivity contribution is 7.85. The third-order valence-electron chi connectivity index (χ3n) is 4.08. The minimum Gasteiger partial charge on any atom is -0.382 e. The number of nitrogens with zero attached hydrogens (tertiary/aromatic N) is 3. The zero-order chi connectivity index (χ0) is 17.0. The number of nitro groups is 1. The Balaban J connectivity index is 2.06. The summed E-state index contributed by atoms with van der Waals surface area (Å²) in [6.07, 6.45) is 0. The largest absolute Gasteiger partial charge is 0.382 e. The zero-order valence-corrected chi connectivity index (χ0v) is 14.1. The molecule has 1 saturated heterocycles. The van der Waals surface area contributed by atoms with Gasteiger partial charge in [-0.1, -0.05) is 0 Å². The van der Waals surface area contributed by atoms with Gasteiger partial charge in [0, 0.05) is 59.6 Å². The minimum absolute atomic E-state index is 0.0927. The van der Waals surface area contributed by atoms with E-state index in [4.69, 9.17) is 0 Å². The molecule has 1 aliphatic rings. The van der Waals surface area contributed by atoms with E-state index in [9.17, 15) is 19.6 Å². The molecule has 0 atom stereocenters. The Morgan fingerprint density at radius 3 is 2.65 bits per heavy atom. The van der Waals surface area contributed by atoms with E-state index < -0.39 is 15.7 Å². The van der Waals surface area contributed by atoms with Crippen LogP contribution in [-0.2, 0) is 10.8 Å². The van der Waals surface area contributed by atoms with Crippen molar-refractivity contribution in [3.05, 3.63) is 33.9 Å². The molecule has 0 radical (unpaired) electrons. The molecular weight excluding hydrogens is 316 g/mol. The van der Waals surface area contributed by atoms with E-state index in [0.29, 0.717) is 23.7 Å². The first kappa shape index (κ1) is 17.4. The van der Waals surface area contributed by atoms with Gasteiger partial charge in [0.05, 0.1) is 16.2 Å². The Morgan fingerprint density at radius 1 is 1.43 bits per heavy atom. The summed E-state index contributed by atoms with van der Waals surface area (Å²) in [4.78, 5) is 12.5. The third kappa shape index (κ3) is 4.27. The minimum atomic E-state index is -0.717. The van der Waals surface area contributed by atoms with Crippen LogP contribution in [-0.4, -0.2) is 50.7 Å². The SMILES string of the molecule is CC(C)(CNc1ccc([N+](=O)[O-])cc1C#N)N1CCS(=O)CC1. The highest BCUT2D eigenvalue weighted by atomic mass is 32.2. The summed E-state index contributed by atoms with van der Waals surface area (Å²) in [5.74, 6) is 1.37. The molecule has 7 nitrogen and oxygen atoms in total. The van der Waals surface area contributed by atoms with Gasteiger partial charge < -0.3 is 5.32 Å². The molecule has 23 heavy (non-hydrogen) atoms. The molecular formula is C15H20N4O3S. The molecule has 0 spiro atoms. The van der Waals surface area contributed by atoms with Crippen molar-refractivity contribution < 1.29 is 9.13 Å². The molecule has 8 heteroatoms. The second kappa shape index (κ2) is 7.06. The van der Waals surface area contributed by atoms with Crippen LogP contribution in [0.1, 0.15) is 19.4 Å². The summed E-state index contributed by atoms with van der Waals surface area (Å²) in [5.41, 5.74) is 0.588. The molecule has 2 rings (SSSR count). The van der Waals surface area contributed by atoms with E-state index in [1.807, 2.05) is 6.07 Å². The summed E-state index contributed by atoms with van der Waals surface area (Å²) in [6.45, 7) is 6.34. The maximum Gasteiger partial charge on any atom is 0.270 e. The van der Waals surface area contributed by atoms with Gasteiger partial charge in [0.25, 0.3) is 5.69 Å². The number of nitriles is 1. The van der Waals surface area contributed by atoms with Crippen molar-refractivity contribution >= 4 is 22.2 Å². The van der Waals surface area contributed by atoms with Gasteiger partial charge >= 0.3 is 0 Å². The van der Waals surface area contributed by atoms with Crippen molar-refractivity contribution in [2.24, 2.45) is 0 Å². The second-order valence-corrected chi connectivity index (χ2v) is 7.80. The monoisotopic (exact) mass is 336 g/mol. The Hall–Kier alpha value is -1.98. The second-order valence-electron chi connectivity index (χ2n) is 6.10. The number of anilines is 1. The van der Waals surface area contributed by atoms with Crippen LogP contribution >= 0.6 is 0 Å². The Labute approximate surface area is 137 Å². The van der Waals surface area contributed by atoms with Crippen LogP contribution in [0, 0.1) is 21.4 Å². The van der Waals surface area contributed by atoms with Gasteiger partial charge in [0.2, 0.25) is 0 Å². The first-order chi connectivity index (χ1) is 10.8. The average Bonchev–Trinajstić information content (AvgIpc) is 2.53. The van der Waals surface area contributed by atoms with E-state index in [1.165, 1.54) is 12.1 Å². The van der Waals surface area contributed by atoms with Crippen molar-refractivity contribution in [2.45, 2.75) is 19.4 Å². The van der Waals surface area contributed by atoms with E-state index in [2.05, 4.69) is 24.1 Å². The number of nitrogens with one attached hydrogen (secondary N) is 1. The molecule has 0 unspecified atom stereocenters. The van der Waals surface area contributed by atoms with Gasteiger partial charge in [-0.25, -0.2) is 0 Å². The highest BCUT2D eigenvalue weighted by Gasteiger charge is 2.29. The maximum absolute atomic E-state index is 11.5. The molecule has 0 saturated carbocycles. The Morgan fingerprint density at radius 2 is 2.09 bits per heavy atom. The van der Waals surface area contributed by atoms with E-state index in [-0.39, 0.29) is 16.8 Å². The van der Waals surface area contributed by atoms with E-state index >= 15 is 0 Å². The quantitative estimate of drug-likeness (QED) is 0.649. The van der Waals surface area contributed by atoms with Crippen LogP contribution in [0.15, 0.2) is 18.2 Å². The van der Waals surface area contributed by atoms with Gasteiger partial charge in [-0.15, -0.1) is 0 Å². The summed E-state index contributed by atoms with van der Waals surface area (Å²) in [5, 5.41) is 23.2. The zero-order valence-electron chi connectivity index (χ0n) is 13.2. The van der Waals surface area contributed by atoms with Gasteiger partial charge in [-0.05, 0) is 19.9 Å². The van der Waals surface area contributed by atoms with Crippen LogP contribution in [0.4, 0.5) is 11.4 Å². The highest BCUT2D eigenvalue weighted by Crippen LogP contribution is 2.23. The van der Waals surface area contributed by atoms with E-state index in [0.717, 1.165) is 13.1 Å². The molecule has 1 aromatic rings. The predicted molar refractivity (Wildman–Crippen MR) is 89.8 cm³/mol. The smallest absolute Gasteiger partial charge is 0.270 e. The summed E-state index contributed by atoms with van der Waals surface area (Å²) < 4.78 is 11.5. The first-order valence-corrected chi connectivity index (χ1v) is 8.85. The van der Waals surface area contributed by atoms with E-state index in [1.54, 1.807) is 6.07 Å². The molecule has 124 valence electrons. The standard InChI is InChI=1S/C15H20N4O3S/c1-15(2,18-5-7-23(22)8-6-18)11-17-14-4-3-13(19(20)21)9-12(14)10-16/h3-4,9,17H,5-8,11H2,1-2H3. The number of nitro benzene ring substituents is 1. The molecule has 1 N–H and O–H groups in total. The molecule has 1 aromatic carbocycles. The summed E-state index contributed by atoms with van der Waals surface area (Å²) in [7, 11) is -0.717. The first-order valence-electron chi connectivity index (χ1n) is 7.36. The fourth-order valence-electron chi connectivity index (χ4n) is 2.56. The molecule has 1 fully saturated rings. The fourth-order valence-corrected chi connectivity index (χ4v) is 3.61. The third-order valence-corrected chi connectivity index (χ3v) is 5.36. The molecule has 0 aliphatic carbocycles. The summed E-state index contributed by atoms with van der Waals surface area (Å²) in [6, 6.07) is 6.23. The van der Waals surface area contributed by atoms with Crippen LogP contribution in [0.2, 0.25) is 0 Å². The molecule has 0 amide bonds. The van der Waals surface area contributed by atoms with Crippen molar-refractivity contribution in [3.8, 4) is 6.07 Å². The number of hydrogen-bond acceptors (Lipinski definition) is 6. The van der Waals surface area contributed by atoms with Gasteiger partial charge in [0.15, 0.2) is 0 Å². The maximum atomic E-state index is 11.5. The van der Waals surface area contributed by atoms with Gasteiger partial charge in [-0.3, -0.25) is 19.2 Å². The fraction of sp³-hybridized carbons (Fsp3) is 0.533. The molecule has 0 bridgehead atoms. The van der Waals surface area contributed by atoms with Crippen molar-refractivity contribution in [3.63, 3.8) is 0 Å². The van der Waals surface area contributed by atoms with Gasteiger partial charge in [-0.2, -0.15) is 5.26 Å². The number of hydrogen-bond donors (Lipinski definition) is 1. The van der Waals surface area contributed by atoms with Crippen LogP contribution < -0.4 is 5.32 Å². The lowest BCUT2D eigenvalue weighted by Gasteiger charge is -2.41. The Bertz CT molecular complexity index is 659. The number of rotatable bonds is 5. The van der Waals surface area contributed by atoms with Crippen LogP contribution in [0.3, 0.4) is 0 Å². The Kier molecular flexibility index (Phi) is 5.34. The van der Waals surface area contributed by atoms with Crippen molar-refractivity contribution in [1.82, 2.24) is 4.90 Å². The predicted octanol–water partition coefficient (Wildman–Crippen LogP) is 1.72. The lowest BCUT2D eigenvalue weighted by atomic mass is 10.0. The van der Waals surface area contributed by atoms with Crippen LogP contribution in [0.25, 0.3) is 0 Å². The topological polar surface area (TPSA) is 99.3 Å². The molecule has 1 aliphatic heterocycles. The van der Waals surface area contributed by atoms with Crippen molar-refractivity contribution in [2.75, 3.05) is 36.5 Å². The van der Waals surface area contributed by atoms with Gasteiger partial charge in [0.1, 0.15) is 6.07 Å². The molecule has 1 heterocycles. The summed E-state index contributed by atoms with van der Waals surface area (Å²) >= 11 is 0. The number of non-ortho nitro benzene ring substituents is 1. The average molecular weight is 336 g/mol.